The van der Waals surface area contributed by atoms with Crippen LogP contribution >= 0.6 is 0 Å². The van der Waals surface area contributed by atoms with Crippen LogP contribution in [0.3, 0.4) is 0 Å². The third-order valence-electron chi connectivity index (χ3n) is 5.56. The molecule has 1 aliphatic heterocycles. The minimum absolute atomic E-state index is 0.320. The van der Waals surface area contributed by atoms with Gasteiger partial charge in [0.15, 0.2) is 0 Å². The Balaban J connectivity index is 1.74. The summed E-state index contributed by atoms with van der Waals surface area (Å²) >= 11 is 0. The van der Waals surface area contributed by atoms with Crippen molar-refractivity contribution in [3.05, 3.63) is 132 Å². The molecular weight excluding hydrogens is 367 g/mol. The van der Waals surface area contributed by atoms with Crippen LogP contribution in [0, 0.1) is 0 Å². The quantitative estimate of drug-likeness (QED) is 0.535. The number of nitrogens with zero attached hydrogens (tertiary/aromatic N) is 1. The van der Waals surface area contributed by atoms with Crippen molar-refractivity contribution in [1.82, 2.24) is 5.32 Å². The summed E-state index contributed by atoms with van der Waals surface area (Å²) in [5, 5.41) is 3.52. The van der Waals surface area contributed by atoms with Gasteiger partial charge in [0, 0.05) is 5.56 Å². The fraction of sp³-hybridized carbons (Fsp3) is 0.0385. The number of hydrogen-bond acceptors (Lipinski definition) is 3. The van der Waals surface area contributed by atoms with E-state index in [1.54, 1.807) is 0 Å². The van der Waals surface area contributed by atoms with Crippen LogP contribution in [0.4, 0.5) is 0 Å². The molecular formula is C26H22BN2O-. The molecule has 1 heterocycles. The standard InChI is InChI=1S/C26H22BN2O/c1-5-13-21(14-6-1)25-28-26(22-15-7-2-8-16-22)30-27(29-25,23-17-9-3-10-18-23)24-19-11-4-12-20-24/h1-20,26H,(H,28,29)/q-1. The van der Waals surface area contributed by atoms with Crippen LogP contribution < -0.4 is 16.2 Å². The van der Waals surface area contributed by atoms with Gasteiger partial charge in [-0.1, -0.05) is 121 Å². The molecule has 0 radical (unpaired) electrons. The lowest BCUT2D eigenvalue weighted by atomic mass is 9.42. The van der Waals surface area contributed by atoms with E-state index >= 15 is 0 Å². The summed E-state index contributed by atoms with van der Waals surface area (Å²) in [6.45, 7) is -1.83. The molecule has 4 aromatic rings. The van der Waals surface area contributed by atoms with Gasteiger partial charge in [0.2, 0.25) is 0 Å². The van der Waals surface area contributed by atoms with Gasteiger partial charge in [0.05, 0.1) is 5.84 Å². The van der Waals surface area contributed by atoms with Gasteiger partial charge in [0.1, 0.15) is 6.23 Å². The molecule has 4 heteroatoms. The molecule has 1 aliphatic rings. The van der Waals surface area contributed by atoms with E-state index in [0.717, 1.165) is 27.9 Å². The van der Waals surface area contributed by atoms with Crippen LogP contribution in [-0.2, 0) is 4.65 Å². The van der Waals surface area contributed by atoms with Crippen LogP contribution in [0.15, 0.2) is 126 Å². The first-order valence-corrected chi connectivity index (χ1v) is 10.3. The molecule has 1 N–H and O–H groups in total. The predicted molar refractivity (Wildman–Crippen MR) is 124 cm³/mol. The normalized spacial score (nSPS) is 17.6. The number of benzene rings is 4. The molecule has 1 atom stereocenters. The summed E-state index contributed by atoms with van der Waals surface area (Å²) in [4.78, 5) is 5.25. The van der Waals surface area contributed by atoms with Crippen LogP contribution in [0.25, 0.3) is 0 Å². The van der Waals surface area contributed by atoms with Crippen molar-refractivity contribution in [2.24, 2.45) is 4.90 Å². The highest BCUT2D eigenvalue weighted by Gasteiger charge is 2.36. The fourth-order valence-corrected chi connectivity index (χ4v) is 4.07. The van der Waals surface area contributed by atoms with E-state index in [9.17, 15) is 0 Å². The summed E-state index contributed by atoms with van der Waals surface area (Å²) in [7, 11) is 0. The SMILES string of the molecule is c1ccc(C2=N[B-](c3ccccc3)(c3ccccc3)OC(c3ccccc3)N2)cc1. The summed E-state index contributed by atoms with van der Waals surface area (Å²) in [6, 6.07) is 41.1. The zero-order valence-electron chi connectivity index (χ0n) is 16.6. The highest BCUT2D eigenvalue weighted by atomic mass is 16.5. The number of amidine groups is 1. The molecule has 0 saturated heterocycles. The Hall–Kier alpha value is -3.63. The van der Waals surface area contributed by atoms with Crippen LogP contribution in [0.2, 0.25) is 0 Å². The van der Waals surface area contributed by atoms with Gasteiger partial charge in [0.25, 0.3) is 6.48 Å². The second-order valence-corrected chi connectivity index (χ2v) is 7.48. The number of rotatable bonds is 4. The Morgan fingerprint density at radius 3 is 1.60 bits per heavy atom. The summed E-state index contributed by atoms with van der Waals surface area (Å²) < 4.78 is 6.85. The smallest absolute Gasteiger partial charge is 0.285 e. The lowest BCUT2D eigenvalue weighted by molar-refractivity contribution is 0.180. The van der Waals surface area contributed by atoms with E-state index in [1.165, 1.54) is 0 Å². The van der Waals surface area contributed by atoms with Gasteiger partial charge in [-0.3, -0.25) is 0 Å². The van der Waals surface area contributed by atoms with E-state index in [4.69, 9.17) is 9.56 Å². The minimum Gasteiger partial charge on any atom is -0.543 e. The zero-order chi connectivity index (χ0) is 20.2. The average Bonchev–Trinajstić information content (AvgIpc) is 2.86. The van der Waals surface area contributed by atoms with Gasteiger partial charge in [-0.05, 0) is 5.56 Å². The monoisotopic (exact) mass is 389 g/mol. The van der Waals surface area contributed by atoms with Crippen LogP contribution in [0.1, 0.15) is 17.4 Å². The van der Waals surface area contributed by atoms with E-state index in [2.05, 4.69) is 53.8 Å². The molecule has 0 spiro atoms. The van der Waals surface area contributed by atoms with Crippen molar-refractivity contribution < 1.29 is 4.65 Å². The van der Waals surface area contributed by atoms with Gasteiger partial charge >= 0.3 is 0 Å². The van der Waals surface area contributed by atoms with Gasteiger partial charge in [-0.15, -0.1) is 0 Å². The van der Waals surface area contributed by atoms with E-state index in [1.807, 2.05) is 72.8 Å². The molecule has 0 bridgehead atoms. The highest BCUT2D eigenvalue weighted by molar-refractivity contribution is 6.97. The van der Waals surface area contributed by atoms with Crippen molar-refractivity contribution in [1.29, 1.82) is 0 Å². The maximum atomic E-state index is 6.85. The first kappa shape index (κ1) is 18.4. The average molecular weight is 389 g/mol. The Labute approximate surface area is 177 Å². The molecule has 1 unspecified atom stereocenters. The molecule has 0 fully saturated rings. The second-order valence-electron chi connectivity index (χ2n) is 7.48. The Bertz CT molecular complexity index is 1090. The second kappa shape index (κ2) is 8.01. The highest BCUT2D eigenvalue weighted by Crippen LogP contribution is 2.26. The molecule has 146 valence electrons. The van der Waals surface area contributed by atoms with Crippen molar-refractivity contribution in [3.8, 4) is 0 Å². The van der Waals surface area contributed by atoms with Gasteiger partial charge in [-0.2, -0.15) is 10.9 Å². The molecule has 0 aromatic heterocycles. The molecule has 0 aliphatic carbocycles. The Morgan fingerprint density at radius 2 is 1.07 bits per heavy atom. The first-order valence-electron chi connectivity index (χ1n) is 10.3. The lowest BCUT2D eigenvalue weighted by Crippen LogP contribution is -2.64. The van der Waals surface area contributed by atoms with Gasteiger partial charge < -0.3 is 14.9 Å². The predicted octanol–water partition coefficient (Wildman–Crippen LogP) is 4.01. The Kier molecular flexibility index (Phi) is 4.92. The summed E-state index contributed by atoms with van der Waals surface area (Å²) in [6.07, 6.45) is -0.320. The van der Waals surface area contributed by atoms with Gasteiger partial charge in [-0.25, -0.2) is 0 Å². The topological polar surface area (TPSA) is 33.6 Å². The van der Waals surface area contributed by atoms with E-state index in [-0.39, 0.29) is 6.23 Å². The number of nitrogens with one attached hydrogen (secondary N) is 1. The molecule has 0 amide bonds. The van der Waals surface area contributed by atoms with Crippen molar-refractivity contribution in [2.45, 2.75) is 6.23 Å². The minimum atomic E-state index is -1.83. The van der Waals surface area contributed by atoms with Crippen molar-refractivity contribution >= 4 is 23.2 Å². The summed E-state index contributed by atoms with van der Waals surface area (Å²) in [5.74, 6) is 0.836. The van der Waals surface area contributed by atoms with Crippen molar-refractivity contribution in [3.63, 3.8) is 0 Å². The van der Waals surface area contributed by atoms with E-state index < -0.39 is 6.48 Å². The molecule has 30 heavy (non-hydrogen) atoms. The maximum absolute atomic E-state index is 6.85. The summed E-state index contributed by atoms with van der Waals surface area (Å²) in [5.41, 5.74) is 4.22. The third kappa shape index (κ3) is 3.42. The first-order chi connectivity index (χ1) is 14.9. The molecule has 5 rings (SSSR count). The van der Waals surface area contributed by atoms with Crippen molar-refractivity contribution in [2.75, 3.05) is 0 Å². The third-order valence-corrected chi connectivity index (χ3v) is 5.56. The van der Waals surface area contributed by atoms with Crippen LogP contribution in [0.5, 0.6) is 0 Å². The zero-order valence-corrected chi connectivity index (χ0v) is 16.6. The fourth-order valence-electron chi connectivity index (χ4n) is 4.07. The maximum Gasteiger partial charge on any atom is 0.285 e. The molecule has 3 nitrogen and oxygen atoms in total. The van der Waals surface area contributed by atoms with Crippen LogP contribution in [-0.4, -0.2) is 12.3 Å². The molecule has 0 saturated carbocycles. The Morgan fingerprint density at radius 1 is 0.600 bits per heavy atom. The molecule has 4 aromatic carbocycles. The number of hydrogen-bond donors (Lipinski definition) is 1. The largest absolute Gasteiger partial charge is 0.543 e. The lowest BCUT2D eigenvalue weighted by Gasteiger charge is -2.48. The van der Waals surface area contributed by atoms with E-state index in [0.29, 0.717) is 0 Å².